The predicted octanol–water partition coefficient (Wildman–Crippen LogP) is 2.77. The van der Waals surface area contributed by atoms with Crippen molar-refractivity contribution in [1.82, 2.24) is 9.88 Å². The fraction of sp³-hybridized carbons (Fsp3) is 0.438. The van der Waals surface area contributed by atoms with E-state index < -0.39 is 0 Å². The Morgan fingerprint density at radius 3 is 2.65 bits per heavy atom. The van der Waals surface area contributed by atoms with Crippen LogP contribution in [0.2, 0.25) is 0 Å². The number of para-hydroxylation sites is 1. The molecule has 4 nitrogen and oxygen atoms in total. The second kappa shape index (κ2) is 5.67. The highest BCUT2D eigenvalue weighted by Crippen LogP contribution is 2.27. The summed E-state index contributed by atoms with van der Waals surface area (Å²) in [7, 11) is 1.62. The Labute approximate surface area is 119 Å². The highest BCUT2D eigenvalue weighted by Gasteiger charge is 2.20. The molecule has 1 heterocycles. The summed E-state index contributed by atoms with van der Waals surface area (Å²) >= 11 is 0. The van der Waals surface area contributed by atoms with Crippen molar-refractivity contribution < 1.29 is 9.53 Å². The fourth-order valence-corrected chi connectivity index (χ4v) is 2.28. The fourth-order valence-electron chi connectivity index (χ4n) is 2.28. The van der Waals surface area contributed by atoms with Gasteiger partial charge in [0.1, 0.15) is 0 Å². The van der Waals surface area contributed by atoms with E-state index in [0.717, 1.165) is 10.9 Å². The molecule has 2 rings (SSSR count). The van der Waals surface area contributed by atoms with E-state index in [0.29, 0.717) is 18.7 Å². The molecular formula is C16H22N2O2. The number of methoxy groups -OCH3 is 1. The third kappa shape index (κ3) is 2.85. The van der Waals surface area contributed by atoms with Gasteiger partial charge in [0.15, 0.2) is 0 Å². The number of ether oxygens (including phenoxy) is 1. The van der Waals surface area contributed by atoms with Crippen molar-refractivity contribution >= 4 is 16.8 Å². The molecule has 4 heteroatoms. The van der Waals surface area contributed by atoms with Crippen molar-refractivity contribution in [1.29, 1.82) is 0 Å². The molecule has 2 aromatic rings. The first-order valence-electron chi connectivity index (χ1n) is 6.83. The molecule has 0 aliphatic carbocycles. The number of hydrogen-bond donors (Lipinski definition) is 1. The molecule has 0 aliphatic rings. The Hall–Kier alpha value is -1.81. The van der Waals surface area contributed by atoms with Crippen LogP contribution in [0.1, 0.15) is 31.1 Å². The molecule has 1 aromatic heterocycles. The molecule has 0 unspecified atom stereocenters. The Morgan fingerprint density at radius 1 is 1.30 bits per heavy atom. The van der Waals surface area contributed by atoms with Crippen LogP contribution in [0.15, 0.2) is 30.5 Å². The lowest BCUT2D eigenvalue weighted by molar-refractivity contribution is 0.0938. The summed E-state index contributed by atoms with van der Waals surface area (Å²) in [4.78, 5) is 12.3. The van der Waals surface area contributed by atoms with Crippen LogP contribution in [-0.4, -0.2) is 30.7 Å². The van der Waals surface area contributed by atoms with Gasteiger partial charge in [0, 0.05) is 36.3 Å². The minimum Gasteiger partial charge on any atom is -0.383 e. The maximum Gasteiger partial charge on any atom is 0.253 e. The van der Waals surface area contributed by atoms with Crippen LogP contribution < -0.4 is 5.32 Å². The summed E-state index contributed by atoms with van der Waals surface area (Å²) in [6, 6.07) is 7.99. The molecule has 0 saturated carbocycles. The summed E-state index contributed by atoms with van der Waals surface area (Å²) in [5, 5.41) is 3.86. The normalized spacial score (nSPS) is 11.8. The Balaban J connectivity index is 2.41. The average molecular weight is 274 g/mol. The second-order valence-corrected chi connectivity index (χ2v) is 5.85. The number of amides is 1. The van der Waals surface area contributed by atoms with Gasteiger partial charge in [-0.05, 0) is 26.8 Å². The molecule has 108 valence electrons. The van der Waals surface area contributed by atoms with Crippen molar-refractivity contribution in [3.05, 3.63) is 36.0 Å². The third-order valence-electron chi connectivity index (χ3n) is 3.27. The zero-order valence-electron chi connectivity index (χ0n) is 12.6. The van der Waals surface area contributed by atoms with E-state index in [2.05, 4.69) is 30.7 Å². The van der Waals surface area contributed by atoms with Crippen LogP contribution in [0, 0.1) is 0 Å². The molecule has 0 saturated heterocycles. The van der Waals surface area contributed by atoms with Crippen LogP contribution in [0.4, 0.5) is 0 Å². The van der Waals surface area contributed by atoms with Crippen molar-refractivity contribution in [2.45, 2.75) is 26.3 Å². The van der Waals surface area contributed by atoms with E-state index in [1.54, 1.807) is 7.11 Å². The summed E-state index contributed by atoms with van der Waals surface area (Å²) in [6.07, 6.45) is 1.94. The number of hydrogen-bond acceptors (Lipinski definition) is 2. The first-order chi connectivity index (χ1) is 9.45. The number of nitrogens with zero attached hydrogens (tertiary/aromatic N) is 1. The molecule has 0 aliphatic heterocycles. The van der Waals surface area contributed by atoms with Gasteiger partial charge in [0.2, 0.25) is 0 Å². The Bertz CT molecular complexity index is 608. The van der Waals surface area contributed by atoms with Gasteiger partial charge in [0.25, 0.3) is 5.91 Å². The first kappa shape index (κ1) is 14.6. The van der Waals surface area contributed by atoms with Gasteiger partial charge in [-0.15, -0.1) is 0 Å². The lowest BCUT2D eigenvalue weighted by Crippen LogP contribution is -2.27. The number of carbonyl (C=O) groups is 1. The van der Waals surface area contributed by atoms with E-state index in [1.807, 2.05) is 30.5 Å². The van der Waals surface area contributed by atoms with Crippen LogP contribution in [0.25, 0.3) is 10.9 Å². The van der Waals surface area contributed by atoms with E-state index >= 15 is 0 Å². The minimum absolute atomic E-state index is 0.0544. The quantitative estimate of drug-likeness (QED) is 0.871. The molecule has 1 aromatic carbocycles. The van der Waals surface area contributed by atoms with Gasteiger partial charge < -0.3 is 14.6 Å². The van der Waals surface area contributed by atoms with Gasteiger partial charge in [-0.25, -0.2) is 0 Å². The zero-order valence-corrected chi connectivity index (χ0v) is 12.6. The summed E-state index contributed by atoms with van der Waals surface area (Å²) in [5.41, 5.74) is 1.73. The topological polar surface area (TPSA) is 43.3 Å². The maximum atomic E-state index is 12.3. The van der Waals surface area contributed by atoms with Crippen LogP contribution in [-0.2, 0) is 10.3 Å². The van der Waals surface area contributed by atoms with Gasteiger partial charge in [-0.2, -0.15) is 0 Å². The van der Waals surface area contributed by atoms with Crippen LogP contribution in [0.5, 0.6) is 0 Å². The Kier molecular flexibility index (Phi) is 4.14. The lowest BCUT2D eigenvalue weighted by atomic mass is 10.1. The van der Waals surface area contributed by atoms with Crippen molar-refractivity contribution in [2.75, 3.05) is 20.3 Å². The van der Waals surface area contributed by atoms with E-state index in [-0.39, 0.29) is 11.4 Å². The van der Waals surface area contributed by atoms with Crippen molar-refractivity contribution in [3.8, 4) is 0 Å². The van der Waals surface area contributed by atoms with Gasteiger partial charge in [0.05, 0.1) is 12.2 Å². The minimum atomic E-state index is -0.0648. The van der Waals surface area contributed by atoms with E-state index in [9.17, 15) is 4.79 Å². The number of carbonyl (C=O) groups excluding carboxylic acids is 1. The second-order valence-electron chi connectivity index (χ2n) is 5.85. The number of benzene rings is 1. The molecule has 0 fully saturated rings. The van der Waals surface area contributed by atoms with Crippen molar-refractivity contribution in [2.24, 2.45) is 0 Å². The smallest absolute Gasteiger partial charge is 0.253 e. The zero-order chi connectivity index (χ0) is 14.8. The highest BCUT2D eigenvalue weighted by atomic mass is 16.5. The molecule has 1 amide bonds. The summed E-state index contributed by atoms with van der Waals surface area (Å²) < 4.78 is 7.10. The third-order valence-corrected chi connectivity index (χ3v) is 3.27. The average Bonchev–Trinajstić information content (AvgIpc) is 2.78. The highest BCUT2D eigenvalue weighted by molar-refractivity contribution is 6.07. The monoisotopic (exact) mass is 274 g/mol. The van der Waals surface area contributed by atoms with Crippen LogP contribution in [0.3, 0.4) is 0 Å². The molecule has 0 spiro atoms. The largest absolute Gasteiger partial charge is 0.383 e. The molecule has 0 radical (unpaired) electrons. The molecule has 20 heavy (non-hydrogen) atoms. The predicted molar refractivity (Wildman–Crippen MR) is 81.1 cm³/mol. The van der Waals surface area contributed by atoms with E-state index in [1.165, 1.54) is 0 Å². The molecule has 0 atom stereocenters. The first-order valence-corrected chi connectivity index (χ1v) is 6.83. The van der Waals surface area contributed by atoms with Crippen LogP contribution >= 0.6 is 0 Å². The standard InChI is InChI=1S/C16H22N2O2/c1-16(2,3)18-11-13(15(19)17-9-10-20-4)12-7-5-6-8-14(12)18/h5-8,11H,9-10H2,1-4H3,(H,17,19). The SMILES string of the molecule is COCCNC(=O)c1cn(C(C)(C)C)c2ccccc12. The van der Waals surface area contributed by atoms with Gasteiger partial charge >= 0.3 is 0 Å². The number of nitrogens with one attached hydrogen (secondary N) is 1. The number of fused-ring (bicyclic) bond motifs is 1. The maximum absolute atomic E-state index is 12.3. The van der Waals surface area contributed by atoms with Gasteiger partial charge in [-0.3, -0.25) is 4.79 Å². The van der Waals surface area contributed by atoms with E-state index in [4.69, 9.17) is 4.74 Å². The Morgan fingerprint density at radius 2 is 2.00 bits per heavy atom. The van der Waals surface area contributed by atoms with Crippen molar-refractivity contribution in [3.63, 3.8) is 0 Å². The summed E-state index contributed by atoms with van der Waals surface area (Å²) in [6.45, 7) is 7.43. The molecule has 1 N–H and O–H groups in total. The number of rotatable bonds is 4. The number of aromatic nitrogens is 1. The molecular weight excluding hydrogens is 252 g/mol. The van der Waals surface area contributed by atoms with Gasteiger partial charge in [-0.1, -0.05) is 18.2 Å². The summed E-state index contributed by atoms with van der Waals surface area (Å²) in [5.74, 6) is -0.0544. The lowest BCUT2D eigenvalue weighted by Gasteiger charge is -2.22. The molecule has 0 bridgehead atoms.